The predicted molar refractivity (Wildman–Crippen MR) is 219 cm³/mol. The predicted octanol–water partition coefficient (Wildman–Crippen LogP) is 6.96. The molecule has 0 saturated heterocycles. The first kappa shape index (κ1) is 38.9. The molecule has 4 heterocycles. The van der Waals surface area contributed by atoms with Gasteiger partial charge in [-0.05, 0) is 61.1 Å². The van der Waals surface area contributed by atoms with Crippen LogP contribution in [0.2, 0.25) is 0 Å². The summed E-state index contributed by atoms with van der Waals surface area (Å²) in [4.78, 5) is 43.8. The molecule has 4 aromatic carbocycles. The molecule has 6 aromatic rings. The van der Waals surface area contributed by atoms with Crippen LogP contribution in [0, 0.1) is 12.8 Å². The number of carbonyl (C=O) groups excluding carboxylic acids is 1. The number of benzene rings is 4. The number of rotatable bonds is 10. The maximum atomic E-state index is 15.0. The molecule has 0 saturated carbocycles. The van der Waals surface area contributed by atoms with Crippen LogP contribution in [0.3, 0.4) is 0 Å². The normalized spacial score (nSPS) is 19.0. The topological polar surface area (TPSA) is 131 Å². The molecule has 0 N–H and O–H groups in total. The van der Waals surface area contributed by atoms with E-state index < -0.39 is 51.5 Å². The Morgan fingerprint density at radius 1 is 0.828 bits per heavy atom. The summed E-state index contributed by atoms with van der Waals surface area (Å²) in [6.45, 7) is 4.32. The lowest BCUT2D eigenvalue weighted by Crippen LogP contribution is -2.49. The van der Waals surface area contributed by atoms with E-state index in [1.807, 2.05) is 86.6 Å². The SMILES string of the molecule is CC[C@H]1[C@H](OCc2ccccc2)Oc2c(c(=O)n(C)c(=O)n2C)[C@H]1C[C@@H]1c2c(c3ccccc3n2S(=O)(=O)c2ccc(C)cc2)CCN1C(=O)OCc1ccccc1. The van der Waals surface area contributed by atoms with Gasteiger partial charge in [0, 0.05) is 37.9 Å². The molecule has 0 spiro atoms. The lowest BCUT2D eigenvalue weighted by Gasteiger charge is -2.43. The van der Waals surface area contributed by atoms with Crippen molar-refractivity contribution in [3.8, 4) is 5.88 Å². The van der Waals surface area contributed by atoms with Crippen LogP contribution in [-0.4, -0.2) is 45.4 Å². The average molecular weight is 803 g/mol. The summed E-state index contributed by atoms with van der Waals surface area (Å²) in [5.74, 6) is -1.02. The monoisotopic (exact) mass is 802 g/mol. The minimum Gasteiger partial charge on any atom is -0.449 e. The van der Waals surface area contributed by atoms with E-state index in [0.29, 0.717) is 24.1 Å². The Morgan fingerprint density at radius 3 is 2.14 bits per heavy atom. The summed E-state index contributed by atoms with van der Waals surface area (Å²) in [5, 5.41) is 0.761. The van der Waals surface area contributed by atoms with Crippen molar-refractivity contribution in [3.63, 3.8) is 0 Å². The molecule has 58 heavy (non-hydrogen) atoms. The molecule has 0 fully saturated rings. The minimum absolute atomic E-state index is 0.0101. The number of hydrogen-bond acceptors (Lipinski definition) is 8. The summed E-state index contributed by atoms with van der Waals surface area (Å²) in [6, 6.07) is 32.2. The van der Waals surface area contributed by atoms with Crippen LogP contribution in [0.15, 0.2) is 124 Å². The van der Waals surface area contributed by atoms with E-state index in [1.54, 1.807) is 48.3 Å². The van der Waals surface area contributed by atoms with E-state index in [2.05, 4.69) is 0 Å². The lowest BCUT2D eigenvalue weighted by atomic mass is 9.77. The number of para-hydroxylation sites is 1. The molecule has 1 amide bonds. The summed E-state index contributed by atoms with van der Waals surface area (Å²) in [7, 11) is -1.26. The maximum absolute atomic E-state index is 15.0. The Labute approximate surface area is 336 Å². The smallest absolute Gasteiger partial charge is 0.410 e. The number of aryl methyl sites for hydroxylation is 1. The van der Waals surface area contributed by atoms with E-state index in [9.17, 15) is 22.8 Å². The average Bonchev–Trinajstić information content (AvgIpc) is 3.60. The summed E-state index contributed by atoms with van der Waals surface area (Å²) in [5.41, 5.74) is 3.52. The van der Waals surface area contributed by atoms with Gasteiger partial charge < -0.3 is 14.2 Å². The zero-order valence-electron chi connectivity index (χ0n) is 32.9. The number of amides is 1. The maximum Gasteiger partial charge on any atom is 0.410 e. The molecule has 0 radical (unpaired) electrons. The second kappa shape index (κ2) is 15.8. The minimum atomic E-state index is -4.24. The molecule has 4 atom stereocenters. The third-order valence-corrected chi connectivity index (χ3v) is 13.3. The standard InChI is InChI=1S/C45H46N4O8S/c1-5-33-36(39-41(50)46(3)44(51)47(4)42(39)57-43(33)55-27-30-14-8-6-9-15-30)26-38-40-35(24-25-48(38)45(52)56-28-31-16-10-7-11-17-31)34-18-12-13-19-37(34)49(40)58(53,54)32-22-20-29(2)21-23-32/h6-23,33,36,38,43H,5,24-28H2,1-4H3/t33-,36+,38-,43-/m1/s1. The van der Waals surface area contributed by atoms with E-state index in [1.165, 1.54) is 15.6 Å². The first-order valence-corrected chi connectivity index (χ1v) is 21.0. The second-order valence-corrected chi connectivity index (χ2v) is 16.9. The Bertz CT molecular complexity index is 2710. The molecule has 2 aromatic heterocycles. The number of fused-ring (bicyclic) bond motifs is 4. The molecule has 2 aliphatic rings. The number of nitrogens with zero attached hydrogens (tertiary/aromatic N) is 4. The highest BCUT2D eigenvalue weighted by Gasteiger charge is 2.47. The molecular formula is C45H46N4O8S. The van der Waals surface area contributed by atoms with Gasteiger partial charge in [-0.25, -0.2) is 22.0 Å². The zero-order chi connectivity index (χ0) is 40.7. The van der Waals surface area contributed by atoms with Gasteiger partial charge in [0.2, 0.25) is 12.2 Å². The fraction of sp³-hybridized carbons (Fsp3) is 0.311. The third-order valence-electron chi connectivity index (χ3n) is 11.6. The fourth-order valence-electron chi connectivity index (χ4n) is 8.60. The van der Waals surface area contributed by atoms with Crippen LogP contribution in [-0.2, 0) is 53.2 Å². The third kappa shape index (κ3) is 6.92. The summed E-state index contributed by atoms with van der Waals surface area (Å²) in [6.07, 6.45) is -0.540. The van der Waals surface area contributed by atoms with Crippen LogP contribution >= 0.6 is 0 Å². The van der Waals surface area contributed by atoms with E-state index in [0.717, 1.165) is 32.2 Å². The van der Waals surface area contributed by atoms with Gasteiger partial charge in [0.1, 0.15) is 6.61 Å². The fourth-order valence-corrected chi connectivity index (χ4v) is 10.2. The highest BCUT2D eigenvalue weighted by Crippen LogP contribution is 2.49. The molecule has 300 valence electrons. The van der Waals surface area contributed by atoms with Crippen molar-refractivity contribution in [2.24, 2.45) is 20.0 Å². The number of aromatic nitrogens is 3. The van der Waals surface area contributed by atoms with Crippen molar-refractivity contribution < 1.29 is 27.4 Å². The van der Waals surface area contributed by atoms with E-state index >= 15 is 0 Å². The Hall–Kier alpha value is -5.92. The van der Waals surface area contributed by atoms with Crippen molar-refractivity contribution in [1.82, 2.24) is 18.0 Å². The van der Waals surface area contributed by atoms with Crippen molar-refractivity contribution in [2.75, 3.05) is 6.54 Å². The van der Waals surface area contributed by atoms with Crippen LogP contribution < -0.4 is 16.0 Å². The molecule has 12 nitrogen and oxygen atoms in total. The van der Waals surface area contributed by atoms with Crippen LogP contribution in [0.5, 0.6) is 5.88 Å². The number of hydrogen-bond donors (Lipinski definition) is 0. The Balaban J connectivity index is 1.32. The molecule has 0 bridgehead atoms. The zero-order valence-corrected chi connectivity index (χ0v) is 33.7. The van der Waals surface area contributed by atoms with Gasteiger partial charge in [-0.2, -0.15) is 0 Å². The summed E-state index contributed by atoms with van der Waals surface area (Å²) < 4.78 is 52.7. The van der Waals surface area contributed by atoms with Gasteiger partial charge in [0.05, 0.1) is 34.3 Å². The molecule has 13 heteroatoms. The van der Waals surface area contributed by atoms with Crippen LogP contribution in [0.25, 0.3) is 10.9 Å². The van der Waals surface area contributed by atoms with Gasteiger partial charge in [-0.1, -0.05) is 103 Å². The van der Waals surface area contributed by atoms with Gasteiger partial charge >= 0.3 is 11.8 Å². The Kier molecular flexibility index (Phi) is 10.6. The molecule has 0 aliphatic carbocycles. The van der Waals surface area contributed by atoms with Crippen molar-refractivity contribution in [2.45, 2.75) is 69.5 Å². The van der Waals surface area contributed by atoms with Crippen LogP contribution in [0.4, 0.5) is 4.79 Å². The van der Waals surface area contributed by atoms with Gasteiger partial charge in [0.25, 0.3) is 15.6 Å². The molecule has 0 unspecified atom stereocenters. The molecular weight excluding hydrogens is 757 g/mol. The lowest BCUT2D eigenvalue weighted by molar-refractivity contribution is -0.146. The number of carbonyl (C=O) groups is 1. The van der Waals surface area contributed by atoms with Crippen LogP contribution in [0.1, 0.15) is 65.2 Å². The highest BCUT2D eigenvalue weighted by atomic mass is 32.2. The van der Waals surface area contributed by atoms with Crippen molar-refractivity contribution in [1.29, 1.82) is 0 Å². The van der Waals surface area contributed by atoms with Gasteiger partial charge in [0.15, 0.2) is 0 Å². The highest BCUT2D eigenvalue weighted by molar-refractivity contribution is 7.90. The van der Waals surface area contributed by atoms with Crippen molar-refractivity contribution >= 4 is 27.0 Å². The van der Waals surface area contributed by atoms with E-state index in [4.69, 9.17) is 14.2 Å². The summed E-state index contributed by atoms with van der Waals surface area (Å²) >= 11 is 0. The largest absolute Gasteiger partial charge is 0.449 e. The first-order chi connectivity index (χ1) is 28.0. The molecule has 8 rings (SSSR count). The van der Waals surface area contributed by atoms with Crippen molar-refractivity contribution in [3.05, 3.63) is 164 Å². The second-order valence-electron chi connectivity index (χ2n) is 15.1. The first-order valence-electron chi connectivity index (χ1n) is 19.5. The van der Waals surface area contributed by atoms with Gasteiger partial charge in [-0.3, -0.25) is 18.8 Å². The quantitative estimate of drug-likeness (QED) is 0.145. The van der Waals surface area contributed by atoms with E-state index in [-0.39, 0.29) is 42.5 Å². The Morgan fingerprint density at radius 2 is 1.47 bits per heavy atom. The number of ether oxygens (including phenoxy) is 3. The molecule has 2 aliphatic heterocycles. The van der Waals surface area contributed by atoms with Gasteiger partial charge in [-0.15, -0.1) is 0 Å².